The molecule has 0 N–H and O–H groups in total. The number of aromatic nitrogens is 1. The third-order valence-electron chi connectivity index (χ3n) is 5.23. The molecule has 0 saturated heterocycles. The summed E-state index contributed by atoms with van der Waals surface area (Å²) in [5.41, 5.74) is 1.54. The van der Waals surface area contributed by atoms with E-state index in [0.717, 1.165) is 11.3 Å². The second-order valence-electron chi connectivity index (χ2n) is 7.30. The van der Waals surface area contributed by atoms with Crippen LogP contribution in [0.2, 0.25) is 0 Å². The van der Waals surface area contributed by atoms with Crippen LogP contribution in [-0.2, 0) is 6.54 Å². The van der Waals surface area contributed by atoms with Crippen LogP contribution in [-0.4, -0.2) is 24.1 Å². The quantitative estimate of drug-likeness (QED) is 0.394. The summed E-state index contributed by atoms with van der Waals surface area (Å²) in [5, 5.41) is 0.387. The molecule has 0 atom stereocenters. The third kappa shape index (κ3) is 4.25. The number of carbonyl (C=O) groups excluding carboxylic acids is 1. The molecule has 0 aliphatic rings. The summed E-state index contributed by atoms with van der Waals surface area (Å²) in [7, 11) is 1.60. The number of benzene rings is 3. The molecule has 6 heteroatoms. The number of rotatable bonds is 7. The lowest BCUT2D eigenvalue weighted by Crippen LogP contribution is -2.20. The number of carbonyl (C=O) groups is 1. The first kappa shape index (κ1) is 21.3. The summed E-state index contributed by atoms with van der Waals surface area (Å²) >= 11 is 0. The molecule has 4 aromatic rings. The van der Waals surface area contributed by atoms with Crippen LogP contribution in [0, 0.1) is 5.82 Å². The first-order valence-corrected chi connectivity index (χ1v) is 10.2. The van der Waals surface area contributed by atoms with Crippen LogP contribution in [0.5, 0.6) is 11.5 Å². The third-order valence-corrected chi connectivity index (χ3v) is 5.23. The summed E-state index contributed by atoms with van der Waals surface area (Å²) in [6, 6.07) is 18.0. The van der Waals surface area contributed by atoms with Crippen molar-refractivity contribution in [1.82, 2.24) is 4.57 Å². The Hall–Kier alpha value is -3.93. The molecule has 3 aromatic carbocycles. The van der Waals surface area contributed by atoms with Gasteiger partial charge in [0.25, 0.3) is 0 Å². The minimum absolute atomic E-state index is 0.0197. The van der Waals surface area contributed by atoms with Crippen LogP contribution < -0.4 is 14.9 Å². The Bertz CT molecular complexity index is 1330. The highest BCUT2D eigenvalue weighted by atomic mass is 19.1. The number of ketones is 1. The van der Waals surface area contributed by atoms with Crippen molar-refractivity contribution in [2.75, 3.05) is 13.7 Å². The normalized spacial score (nSPS) is 10.8. The van der Waals surface area contributed by atoms with E-state index >= 15 is 0 Å². The molecule has 5 nitrogen and oxygen atoms in total. The molecule has 32 heavy (non-hydrogen) atoms. The van der Waals surface area contributed by atoms with Crippen molar-refractivity contribution in [3.63, 3.8) is 0 Å². The lowest BCUT2D eigenvalue weighted by atomic mass is 10.0. The second-order valence-corrected chi connectivity index (χ2v) is 7.30. The van der Waals surface area contributed by atoms with Gasteiger partial charge in [-0.1, -0.05) is 12.1 Å². The van der Waals surface area contributed by atoms with Gasteiger partial charge < -0.3 is 14.0 Å². The van der Waals surface area contributed by atoms with Gasteiger partial charge >= 0.3 is 0 Å². The molecule has 0 radical (unpaired) electrons. The maximum atomic E-state index is 13.3. The Morgan fingerprint density at radius 1 is 0.969 bits per heavy atom. The van der Waals surface area contributed by atoms with E-state index in [9.17, 15) is 14.0 Å². The lowest BCUT2D eigenvalue weighted by molar-refractivity contribution is 0.103. The number of methoxy groups -OCH3 is 1. The van der Waals surface area contributed by atoms with Gasteiger partial charge in [0.2, 0.25) is 5.43 Å². The maximum Gasteiger partial charge on any atom is 0.200 e. The largest absolute Gasteiger partial charge is 0.497 e. The van der Waals surface area contributed by atoms with Gasteiger partial charge in [-0.2, -0.15) is 0 Å². The van der Waals surface area contributed by atoms with Crippen LogP contribution >= 0.6 is 0 Å². The van der Waals surface area contributed by atoms with E-state index in [-0.39, 0.29) is 16.6 Å². The second kappa shape index (κ2) is 9.06. The number of hydrogen-bond donors (Lipinski definition) is 0. The molecule has 1 aromatic heterocycles. The fraction of sp³-hybridized carbons (Fsp3) is 0.154. The van der Waals surface area contributed by atoms with Crippen molar-refractivity contribution in [3.05, 3.63) is 106 Å². The molecule has 0 amide bonds. The van der Waals surface area contributed by atoms with Gasteiger partial charge in [-0.25, -0.2) is 4.39 Å². The van der Waals surface area contributed by atoms with Crippen LogP contribution in [0.4, 0.5) is 4.39 Å². The monoisotopic (exact) mass is 431 g/mol. The van der Waals surface area contributed by atoms with E-state index in [1.165, 1.54) is 24.3 Å². The molecule has 0 fully saturated rings. The van der Waals surface area contributed by atoms with Crippen molar-refractivity contribution < 1.29 is 18.7 Å². The Morgan fingerprint density at radius 2 is 1.66 bits per heavy atom. The van der Waals surface area contributed by atoms with Gasteiger partial charge in [0.1, 0.15) is 17.3 Å². The smallest absolute Gasteiger partial charge is 0.200 e. The highest BCUT2D eigenvalue weighted by Crippen LogP contribution is 2.22. The molecule has 0 saturated carbocycles. The number of ether oxygens (including phenoxy) is 2. The topological polar surface area (TPSA) is 57.5 Å². The molecule has 162 valence electrons. The van der Waals surface area contributed by atoms with Gasteiger partial charge in [0.05, 0.1) is 30.2 Å². The average Bonchev–Trinajstić information content (AvgIpc) is 2.81. The van der Waals surface area contributed by atoms with Crippen molar-refractivity contribution >= 4 is 16.7 Å². The highest BCUT2D eigenvalue weighted by molar-refractivity contribution is 6.10. The average molecular weight is 431 g/mol. The van der Waals surface area contributed by atoms with E-state index in [1.54, 1.807) is 25.4 Å². The predicted octanol–water partition coefficient (Wildman–Crippen LogP) is 4.83. The molecule has 0 aliphatic carbocycles. The summed E-state index contributed by atoms with van der Waals surface area (Å²) < 4.78 is 26.0. The maximum absolute atomic E-state index is 13.3. The number of pyridine rings is 1. The fourth-order valence-corrected chi connectivity index (χ4v) is 3.61. The zero-order valence-electron chi connectivity index (χ0n) is 17.8. The minimum Gasteiger partial charge on any atom is -0.497 e. The van der Waals surface area contributed by atoms with Crippen molar-refractivity contribution in [1.29, 1.82) is 0 Å². The number of hydrogen-bond acceptors (Lipinski definition) is 4. The van der Waals surface area contributed by atoms with Crippen LogP contribution in [0.1, 0.15) is 28.4 Å². The first-order chi connectivity index (χ1) is 15.5. The summed E-state index contributed by atoms with van der Waals surface area (Å²) in [4.78, 5) is 26.4. The van der Waals surface area contributed by atoms with Crippen molar-refractivity contribution in [3.8, 4) is 11.5 Å². The van der Waals surface area contributed by atoms with Crippen LogP contribution in [0.25, 0.3) is 10.9 Å². The summed E-state index contributed by atoms with van der Waals surface area (Å²) in [6.07, 6.45) is 1.57. The Kier molecular flexibility index (Phi) is 6.03. The molecule has 0 aliphatic heterocycles. The highest BCUT2D eigenvalue weighted by Gasteiger charge is 2.18. The van der Waals surface area contributed by atoms with Gasteiger partial charge in [-0.3, -0.25) is 9.59 Å². The van der Waals surface area contributed by atoms with E-state index in [0.29, 0.717) is 29.8 Å². The number of nitrogens with zero attached hydrogens (tertiary/aromatic N) is 1. The van der Waals surface area contributed by atoms with Crippen LogP contribution in [0.3, 0.4) is 0 Å². The molecular formula is C26H22FNO4. The zero-order chi connectivity index (χ0) is 22.7. The Labute approximate surface area is 184 Å². The number of fused-ring (bicyclic) bond motifs is 1. The van der Waals surface area contributed by atoms with Gasteiger partial charge in [0.15, 0.2) is 5.78 Å². The predicted molar refractivity (Wildman–Crippen MR) is 121 cm³/mol. The minimum atomic E-state index is -0.456. The SMILES string of the molecule is CCOc1ccc2c(c1)c(=O)c(C(=O)c1ccc(F)cc1)cn2Cc1ccc(OC)cc1. The van der Waals surface area contributed by atoms with Crippen molar-refractivity contribution in [2.45, 2.75) is 13.5 Å². The lowest BCUT2D eigenvalue weighted by Gasteiger charge is -2.15. The van der Waals surface area contributed by atoms with E-state index in [2.05, 4.69) is 0 Å². The van der Waals surface area contributed by atoms with E-state index in [1.807, 2.05) is 41.8 Å². The summed E-state index contributed by atoms with van der Waals surface area (Å²) in [5.74, 6) is 0.395. The molecule has 0 unspecified atom stereocenters. The first-order valence-electron chi connectivity index (χ1n) is 10.2. The Morgan fingerprint density at radius 3 is 2.31 bits per heavy atom. The van der Waals surface area contributed by atoms with Gasteiger partial charge in [-0.15, -0.1) is 0 Å². The molecule has 0 spiro atoms. The number of halogens is 1. The molecule has 0 bridgehead atoms. The van der Waals surface area contributed by atoms with Crippen molar-refractivity contribution in [2.24, 2.45) is 0 Å². The van der Waals surface area contributed by atoms with Gasteiger partial charge in [-0.05, 0) is 67.1 Å². The van der Waals surface area contributed by atoms with Crippen LogP contribution in [0.15, 0.2) is 77.7 Å². The zero-order valence-corrected chi connectivity index (χ0v) is 17.8. The van der Waals surface area contributed by atoms with Gasteiger partial charge in [0, 0.05) is 18.3 Å². The van der Waals surface area contributed by atoms with E-state index < -0.39 is 11.6 Å². The fourth-order valence-electron chi connectivity index (χ4n) is 3.61. The Balaban J connectivity index is 1.86. The molecule has 1 heterocycles. The standard InChI is InChI=1S/C26H22FNO4/c1-3-32-21-12-13-24-22(14-21)26(30)23(25(29)18-6-8-19(27)9-7-18)16-28(24)15-17-4-10-20(31-2)11-5-17/h4-14,16H,3,15H2,1-2H3. The molecule has 4 rings (SSSR count). The van der Waals surface area contributed by atoms with E-state index in [4.69, 9.17) is 9.47 Å². The molecular weight excluding hydrogens is 409 g/mol. The summed E-state index contributed by atoms with van der Waals surface area (Å²) in [6.45, 7) is 2.76.